The van der Waals surface area contributed by atoms with Gasteiger partial charge in [-0.15, -0.1) is 0 Å². The van der Waals surface area contributed by atoms with Crippen LogP contribution in [0.25, 0.3) is 11.0 Å². The summed E-state index contributed by atoms with van der Waals surface area (Å²) in [5.74, 6) is 1.23. The molecule has 2 heterocycles. The number of halogens is 1. The maximum atomic E-state index is 13.6. The highest BCUT2D eigenvalue weighted by Crippen LogP contribution is 2.29. The lowest BCUT2D eigenvalue weighted by Crippen LogP contribution is -2.47. The quantitative estimate of drug-likeness (QED) is 0.691. The lowest BCUT2D eigenvalue weighted by molar-refractivity contribution is -0.126. The zero-order valence-corrected chi connectivity index (χ0v) is 18.3. The van der Waals surface area contributed by atoms with Gasteiger partial charge in [-0.3, -0.25) is 9.69 Å². The zero-order chi connectivity index (χ0) is 21.6. The van der Waals surface area contributed by atoms with E-state index in [-0.39, 0.29) is 18.3 Å². The van der Waals surface area contributed by atoms with Gasteiger partial charge in [-0.1, -0.05) is 5.16 Å². The summed E-state index contributed by atoms with van der Waals surface area (Å²) in [4.78, 5) is 16.5. The molecular formula is C23H33FN4O3. The van der Waals surface area contributed by atoms with Crippen LogP contribution in [-0.4, -0.2) is 67.9 Å². The molecule has 31 heavy (non-hydrogen) atoms. The predicted molar refractivity (Wildman–Crippen MR) is 118 cm³/mol. The van der Waals surface area contributed by atoms with Gasteiger partial charge in [0.2, 0.25) is 5.91 Å². The summed E-state index contributed by atoms with van der Waals surface area (Å²) < 4.78 is 24.1. The summed E-state index contributed by atoms with van der Waals surface area (Å²) in [6, 6.07) is 4.84. The molecule has 7 nitrogen and oxygen atoms in total. The molecular weight excluding hydrogens is 399 g/mol. The standard InChI is InChI=1S/C23H33FN4O3/c1-2-30-16-22(29)25-19-6-3-17(4-7-19)9-10-27-11-13-28(14-12-27)23-20-15-18(24)5-8-21(20)31-26-23/h5,8,15,17,19H,2-4,6-7,9-14,16H2,1H3,(H,25,29)/t17-,19-. The number of carbonyl (C=O) groups excluding carboxylic acids is 1. The molecule has 4 rings (SSSR count). The van der Waals surface area contributed by atoms with Gasteiger partial charge in [0, 0.05) is 38.8 Å². The number of piperazine rings is 1. The first-order valence-corrected chi connectivity index (χ1v) is 11.5. The molecule has 0 unspecified atom stereocenters. The second kappa shape index (κ2) is 10.4. The SMILES string of the molecule is CCOCC(=O)N[C@H]1CC[C@H](CCN2CCN(c3noc4ccc(F)cc34)CC2)CC1. The van der Waals surface area contributed by atoms with Crippen LogP contribution in [0.5, 0.6) is 0 Å². The monoisotopic (exact) mass is 432 g/mol. The fourth-order valence-corrected chi connectivity index (χ4v) is 4.73. The Bertz CT molecular complexity index is 858. The summed E-state index contributed by atoms with van der Waals surface area (Å²) >= 11 is 0. The first-order valence-electron chi connectivity index (χ1n) is 11.5. The molecule has 8 heteroatoms. The molecule has 2 aliphatic rings. The van der Waals surface area contributed by atoms with Crippen molar-refractivity contribution in [3.05, 3.63) is 24.0 Å². The Morgan fingerprint density at radius 2 is 2.00 bits per heavy atom. The fraction of sp³-hybridized carbons (Fsp3) is 0.652. The molecule has 170 valence electrons. The summed E-state index contributed by atoms with van der Waals surface area (Å²) in [6.45, 7) is 7.44. The van der Waals surface area contributed by atoms with Crippen molar-refractivity contribution < 1.29 is 18.4 Å². The first kappa shape index (κ1) is 22.0. The highest BCUT2D eigenvalue weighted by molar-refractivity contribution is 5.88. The molecule has 2 fully saturated rings. The number of benzene rings is 1. The highest BCUT2D eigenvalue weighted by Gasteiger charge is 2.25. The second-order valence-electron chi connectivity index (χ2n) is 8.69. The van der Waals surface area contributed by atoms with E-state index < -0.39 is 0 Å². The molecule has 0 atom stereocenters. The van der Waals surface area contributed by atoms with Gasteiger partial charge < -0.3 is 19.5 Å². The van der Waals surface area contributed by atoms with Gasteiger partial charge in [-0.05, 0) is 69.7 Å². The van der Waals surface area contributed by atoms with Crippen molar-refractivity contribution >= 4 is 22.7 Å². The van der Waals surface area contributed by atoms with E-state index in [1.165, 1.54) is 31.4 Å². The molecule has 0 bridgehead atoms. The lowest BCUT2D eigenvalue weighted by atomic mass is 9.84. The van der Waals surface area contributed by atoms with Crippen molar-refractivity contribution in [1.82, 2.24) is 15.4 Å². The zero-order valence-electron chi connectivity index (χ0n) is 18.3. The number of hydrogen-bond acceptors (Lipinski definition) is 6. The number of anilines is 1. The van der Waals surface area contributed by atoms with Crippen LogP contribution in [0.4, 0.5) is 10.2 Å². The number of nitrogens with zero attached hydrogens (tertiary/aromatic N) is 3. The third kappa shape index (κ3) is 5.74. The van der Waals surface area contributed by atoms with E-state index in [0.717, 1.165) is 62.7 Å². The number of rotatable bonds is 8. The van der Waals surface area contributed by atoms with Crippen LogP contribution in [0.2, 0.25) is 0 Å². The minimum absolute atomic E-state index is 0.00537. The van der Waals surface area contributed by atoms with Gasteiger partial charge in [-0.2, -0.15) is 0 Å². The molecule has 0 spiro atoms. The minimum Gasteiger partial charge on any atom is -0.372 e. The van der Waals surface area contributed by atoms with E-state index in [1.54, 1.807) is 6.07 Å². The van der Waals surface area contributed by atoms with Gasteiger partial charge in [-0.25, -0.2) is 4.39 Å². The van der Waals surface area contributed by atoms with Crippen LogP contribution in [0.3, 0.4) is 0 Å². The Labute approximate surface area is 182 Å². The maximum Gasteiger partial charge on any atom is 0.246 e. The summed E-state index contributed by atoms with van der Waals surface area (Å²) in [5.41, 5.74) is 0.628. The first-order chi connectivity index (χ1) is 15.1. The van der Waals surface area contributed by atoms with E-state index >= 15 is 0 Å². The molecule has 1 aliphatic heterocycles. The fourth-order valence-electron chi connectivity index (χ4n) is 4.73. The molecule has 1 aliphatic carbocycles. The van der Waals surface area contributed by atoms with E-state index in [2.05, 4.69) is 20.3 Å². The van der Waals surface area contributed by atoms with E-state index in [1.807, 2.05) is 6.92 Å². The van der Waals surface area contributed by atoms with E-state index in [9.17, 15) is 9.18 Å². The van der Waals surface area contributed by atoms with Gasteiger partial charge in [0.1, 0.15) is 12.4 Å². The number of carbonyl (C=O) groups is 1. The van der Waals surface area contributed by atoms with E-state index in [4.69, 9.17) is 9.26 Å². The summed E-state index contributed by atoms with van der Waals surface area (Å²) in [7, 11) is 0. The third-order valence-electron chi connectivity index (χ3n) is 6.59. The Morgan fingerprint density at radius 3 is 2.74 bits per heavy atom. The Balaban J connectivity index is 1.17. The molecule has 1 saturated carbocycles. The number of aromatic nitrogens is 1. The highest BCUT2D eigenvalue weighted by atomic mass is 19.1. The van der Waals surface area contributed by atoms with Crippen molar-refractivity contribution in [2.75, 3.05) is 50.8 Å². The smallest absolute Gasteiger partial charge is 0.246 e. The molecule has 1 amide bonds. The van der Waals surface area contributed by atoms with Crippen LogP contribution in [0.15, 0.2) is 22.7 Å². The van der Waals surface area contributed by atoms with Crippen molar-refractivity contribution in [3.8, 4) is 0 Å². The molecule has 1 saturated heterocycles. The molecule has 0 radical (unpaired) electrons. The summed E-state index contributed by atoms with van der Waals surface area (Å²) in [6.07, 6.45) is 5.68. The van der Waals surface area contributed by atoms with Gasteiger partial charge in [0.05, 0.1) is 5.39 Å². The van der Waals surface area contributed by atoms with E-state index in [0.29, 0.717) is 18.2 Å². The maximum absolute atomic E-state index is 13.6. The number of ether oxygens (including phenoxy) is 1. The number of amides is 1. The van der Waals surface area contributed by atoms with Crippen molar-refractivity contribution in [2.24, 2.45) is 5.92 Å². The number of fused-ring (bicyclic) bond motifs is 1. The van der Waals surface area contributed by atoms with Crippen LogP contribution in [-0.2, 0) is 9.53 Å². The Kier molecular flexibility index (Phi) is 7.40. The minimum atomic E-state index is -0.265. The average molecular weight is 433 g/mol. The van der Waals surface area contributed by atoms with Crippen LogP contribution in [0.1, 0.15) is 39.0 Å². The van der Waals surface area contributed by atoms with Crippen LogP contribution >= 0.6 is 0 Å². The molecule has 2 aromatic rings. The molecule has 1 aromatic carbocycles. The van der Waals surface area contributed by atoms with Crippen LogP contribution < -0.4 is 10.2 Å². The molecule has 1 N–H and O–H groups in total. The normalized spacial score (nSPS) is 22.7. The van der Waals surface area contributed by atoms with Crippen LogP contribution in [0, 0.1) is 11.7 Å². The third-order valence-corrected chi connectivity index (χ3v) is 6.59. The number of hydrogen-bond donors (Lipinski definition) is 1. The Morgan fingerprint density at radius 1 is 1.23 bits per heavy atom. The van der Waals surface area contributed by atoms with Crippen molar-refractivity contribution in [1.29, 1.82) is 0 Å². The number of nitrogens with one attached hydrogen (secondary N) is 1. The van der Waals surface area contributed by atoms with Crippen molar-refractivity contribution in [2.45, 2.75) is 45.1 Å². The second-order valence-corrected chi connectivity index (χ2v) is 8.69. The average Bonchev–Trinajstić information content (AvgIpc) is 3.20. The van der Waals surface area contributed by atoms with Gasteiger partial charge in [0.25, 0.3) is 0 Å². The topological polar surface area (TPSA) is 70.8 Å². The predicted octanol–water partition coefficient (Wildman–Crippen LogP) is 3.19. The lowest BCUT2D eigenvalue weighted by Gasteiger charge is -2.36. The molecule has 1 aromatic heterocycles. The van der Waals surface area contributed by atoms with Crippen molar-refractivity contribution in [3.63, 3.8) is 0 Å². The Hall–Kier alpha value is -2.19. The van der Waals surface area contributed by atoms with Gasteiger partial charge >= 0.3 is 0 Å². The van der Waals surface area contributed by atoms with Gasteiger partial charge in [0.15, 0.2) is 11.4 Å². The summed E-state index contributed by atoms with van der Waals surface area (Å²) in [5, 5.41) is 8.02. The largest absolute Gasteiger partial charge is 0.372 e.